The maximum Gasteiger partial charge on any atom is 0.237 e. The van der Waals surface area contributed by atoms with E-state index >= 15 is 0 Å². The molecule has 1 heterocycles. The summed E-state index contributed by atoms with van der Waals surface area (Å²) in [5, 5.41) is 12.5. The van der Waals surface area contributed by atoms with Crippen molar-refractivity contribution in [3.05, 3.63) is 29.3 Å². The molecule has 1 N–H and O–H groups in total. The zero-order valence-electron chi connectivity index (χ0n) is 13.5. The van der Waals surface area contributed by atoms with E-state index in [1.165, 1.54) is 11.1 Å². The van der Waals surface area contributed by atoms with E-state index in [1.807, 2.05) is 6.07 Å². The molecule has 1 saturated heterocycles. The van der Waals surface area contributed by atoms with Crippen molar-refractivity contribution in [1.29, 1.82) is 5.26 Å². The summed E-state index contributed by atoms with van der Waals surface area (Å²) >= 11 is 0. The van der Waals surface area contributed by atoms with Crippen LogP contribution in [-0.2, 0) is 17.6 Å². The average Bonchev–Trinajstić information content (AvgIpc) is 3.07. The summed E-state index contributed by atoms with van der Waals surface area (Å²) in [5.74, 6) is 0.955. The Bertz CT molecular complexity index is 623. The molecule has 2 aliphatic rings. The van der Waals surface area contributed by atoms with Crippen LogP contribution in [0.3, 0.4) is 0 Å². The average molecular weight is 313 g/mol. The fraction of sp³-hybridized carbons (Fsp3) is 0.556. The number of hydrogen-bond donors (Lipinski definition) is 1. The van der Waals surface area contributed by atoms with Crippen molar-refractivity contribution in [2.24, 2.45) is 0 Å². The van der Waals surface area contributed by atoms with Crippen LogP contribution < -0.4 is 10.1 Å². The molecule has 1 fully saturated rings. The van der Waals surface area contributed by atoms with Gasteiger partial charge in [-0.1, -0.05) is 6.07 Å². The van der Waals surface area contributed by atoms with Crippen molar-refractivity contribution in [2.75, 3.05) is 20.2 Å². The monoisotopic (exact) mass is 313 g/mol. The molecule has 23 heavy (non-hydrogen) atoms. The molecule has 3 rings (SSSR count). The number of amides is 1. The van der Waals surface area contributed by atoms with Gasteiger partial charge in [0.25, 0.3) is 0 Å². The van der Waals surface area contributed by atoms with E-state index in [-0.39, 0.29) is 11.9 Å². The van der Waals surface area contributed by atoms with Crippen molar-refractivity contribution in [3.8, 4) is 11.8 Å². The Morgan fingerprint density at radius 1 is 1.43 bits per heavy atom. The van der Waals surface area contributed by atoms with Gasteiger partial charge in [0, 0.05) is 12.6 Å². The van der Waals surface area contributed by atoms with E-state index in [0.29, 0.717) is 19.1 Å². The Balaban J connectivity index is 1.54. The minimum Gasteiger partial charge on any atom is -0.497 e. The molecule has 0 radical (unpaired) electrons. The van der Waals surface area contributed by atoms with Crippen molar-refractivity contribution in [1.82, 2.24) is 10.2 Å². The van der Waals surface area contributed by atoms with Crippen molar-refractivity contribution >= 4 is 5.91 Å². The van der Waals surface area contributed by atoms with Crippen LogP contribution in [0.1, 0.15) is 30.4 Å². The van der Waals surface area contributed by atoms with Crippen LogP contribution in [0.15, 0.2) is 18.2 Å². The minimum absolute atomic E-state index is 0.0505. The Kier molecular flexibility index (Phi) is 4.82. The van der Waals surface area contributed by atoms with Gasteiger partial charge in [0.2, 0.25) is 5.91 Å². The molecular weight excluding hydrogens is 290 g/mol. The number of ether oxygens (including phenoxy) is 1. The lowest BCUT2D eigenvalue weighted by Crippen LogP contribution is -2.44. The van der Waals surface area contributed by atoms with Crippen LogP contribution in [0, 0.1) is 11.3 Å². The second kappa shape index (κ2) is 7.01. The zero-order valence-corrected chi connectivity index (χ0v) is 13.5. The van der Waals surface area contributed by atoms with Gasteiger partial charge in [-0.05, 0) is 55.4 Å². The maximum atomic E-state index is 12.3. The van der Waals surface area contributed by atoms with Crippen LogP contribution in [0.25, 0.3) is 0 Å². The van der Waals surface area contributed by atoms with E-state index in [4.69, 9.17) is 10.00 Å². The highest BCUT2D eigenvalue weighted by Crippen LogP contribution is 2.25. The molecule has 0 aromatic heterocycles. The van der Waals surface area contributed by atoms with E-state index < -0.39 is 0 Å². The predicted octanol–water partition coefficient (Wildman–Crippen LogP) is 1.66. The van der Waals surface area contributed by atoms with E-state index in [0.717, 1.165) is 37.9 Å². The molecule has 2 atom stereocenters. The standard InChI is InChI=1S/C18H23N3O2/c1-23-17-7-5-13-9-15(6-4-14(13)10-17)20-12-18(22)21-8-2-3-16(21)11-19/h5,7,10,15-16,20H,2-4,6,8-9,12H2,1H3/t15?,16-/m0/s1. The number of aryl methyl sites for hydroxylation is 1. The normalized spacial score (nSPS) is 23.2. The molecular formula is C18H23N3O2. The van der Waals surface area contributed by atoms with Crippen LogP contribution in [0.4, 0.5) is 0 Å². The van der Waals surface area contributed by atoms with Gasteiger partial charge in [-0.3, -0.25) is 4.79 Å². The summed E-state index contributed by atoms with van der Waals surface area (Å²) < 4.78 is 5.27. The first-order valence-electron chi connectivity index (χ1n) is 8.29. The first-order chi connectivity index (χ1) is 11.2. The van der Waals surface area contributed by atoms with Gasteiger partial charge in [-0.15, -0.1) is 0 Å². The van der Waals surface area contributed by atoms with Gasteiger partial charge in [0.05, 0.1) is 19.7 Å². The highest BCUT2D eigenvalue weighted by Gasteiger charge is 2.28. The second-order valence-corrected chi connectivity index (χ2v) is 6.33. The molecule has 1 amide bonds. The SMILES string of the molecule is COc1ccc2c(c1)CCC(NCC(=O)N1CCC[C@H]1C#N)C2. The third-order valence-electron chi connectivity index (χ3n) is 4.91. The van der Waals surface area contributed by atoms with Gasteiger partial charge in [-0.2, -0.15) is 5.26 Å². The maximum absolute atomic E-state index is 12.3. The van der Waals surface area contributed by atoms with Crippen LogP contribution >= 0.6 is 0 Å². The number of rotatable bonds is 4. The van der Waals surface area contributed by atoms with Gasteiger partial charge in [0.1, 0.15) is 11.8 Å². The first-order valence-corrected chi connectivity index (χ1v) is 8.29. The van der Waals surface area contributed by atoms with E-state index in [2.05, 4.69) is 23.5 Å². The molecule has 0 bridgehead atoms. The van der Waals surface area contributed by atoms with Gasteiger partial charge < -0.3 is 15.0 Å². The molecule has 5 nitrogen and oxygen atoms in total. The summed E-state index contributed by atoms with van der Waals surface area (Å²) in [7, 11) is 1.69. The Morgan fingerprint density at radius 2 is 2.30 bits per heavy atom. The number of benzene rings is 1. The number of likely N-dealkylation sites (tertiary alicyclic amines) is 1. The van der Waals surface area contributed by atoms with Crippen LogP contribution in [0.2, 0.25) is 0 Å². The molecule has 122 valence electrons. The number of carbonyl (C=O) groups excluding carboxylic acids is 1. The molecule has 1 aliphatic heterocycles. The van der Waals surface area contributed by atoms with Crippen LogP contribution in [-0.4, -0.2) is 43.1 Å². The molecule has 0 saturated carbocycles. The molecule has 1 unspecified atom stereocenters. The summed E-state index contributed by atoms with van der Waals surface area (Å²) in [6, 6.07) is 8.54. The van der Waals surface area contributed by atoms with Gasteiger partial charge in [0.15, 0.2) is 0 Å². The van der Waals surface area contributed by atoms with E-state index in [9.17, 15) is 4.79 Å². The highest BCUT2D eigenvalue weighted by molar-refractivity contribution is 5.79. The Morgan fingerprint density at radius 3 is 3.09 bits per heavy atom. The number of nitrogens with one attached hydrogen (secondary N) is 1. The number of nitriles is 1. The van der Waals surface area contributed by atoms with E-state index in [1.54, 1.807) is 12.0 Å². The fourth-order valence-corrected chi connectivity index (χ4v) is 3.57. The van der Waals surface area contributed by atoms with Crippen molar-refractivity contribution in [2.45, 2.75) is 44.2 Å². The summed E-state index contributed by atoms with van der Waals surface area (Å²) in [6.45, 7) is 1.04. The lowest BCUT2D eigenvalue weighted by Gasteiger charge is -2.27. The number of carbonyl (C=O) groups is 1. The second-order valence-electron chi connectivity index (χ2n) is 6.33. The van der Waals surface area contributed by atoms with Crippen molar-refractivity contribution in [3.63, 3.8) is 0 Å². The minimum atomic E-state index is -0.233. The largest absolute Gasteiger partial charge is 0.497 e. The van der Waals surface area contributed by atoms with Crippen molar-refractivity contribution < 1.29 is 9.53 Å². The molecule has 1 aromatic rings. The predicted molar refractivity (Wildman–Crippen MR) is 87.2 cm³/mol. The number of fused-ring (bicyclic) bond motifs is 1. The lowest BCUT2D eigenvalue weighted by atomic mass is 9.88. The third-order valence-corrected chi connectivity index (χ3v) is 4.91. The molecule has 1 aromatic carbocycles. The Labute approximate surface area is 137 Å². The molecule has 5 heteroatoms. The topological polar surface area (TPSA) is 65.4 Å². The summed E-state index contributed by atoms with van der Waals surface area (Å²) in [4.78, 5) is 14.0. The number of nitrogens with zero attached hydrogens (tertiary/aromatic N) is 2. The zero-order chi connectivity index (χ0) is 16.2. The smallest absolute Gasteiger partial charge is 0.237 e. The van der Waals surface area contributed by atoms with Gasteiger partial charge in [-0.25, -0.2) is 0 Å². The summed E-state index contributed by atoms with van der Waals surface area (Å²) in [6.07, 6.45) is 4.70. The fourth-order valence-electron chi connectivity index (χ4n) is 3.57. The lowest BCUT2D eigenvalue weighted by molar-refractivity contribution is -0.130. The molecule has 1 aliphatic carbocycles. The number of hydrogen-bond acceptors (Lipinski definition) is 4. The first kappa shape index (κ1) is 15.8. The quantitative estimate of drug-likeness (QED) is 0.918. The van der Waals surface area contributed by atoms with Gasteiger partial charge >= 0.3 is 0 Å². The Hall–Kier alpha value is -2.06. The highest BCUT2D eigenvalue weighted by atomic mass is 16.5. The van der Waals surface area contributed by atoms with Crippen LogP contribution in [0.5, 0.6) is 5.75 Å². The third kappa shape index (κ3) is 3.48. The summed E-state index contributed by atoms with van der Waals surface area (Å²) in [5.41, 5.74) is 2.68. The molecule has 0 spiro atoms. The number of methoxy groups -OCH3 is 1.